The van der Waals surface area contributed by atoms with Crippen molar-refractivity contribution in [2.24, 2.45) is 0 Å². The van der Waals surface area contributed by atoms with Crippen LogP contribution in [0.25, 0.3) is 6.08 Å². The lowest BCUT2D eigenvalue weighted by Gasteiger charge is -1.98. The van der Waals surface area contributed by atoms with E-state index in [2.05, 4.69) is 6.58 Å². The molecule has 0 aliphatic heterocycles. The van der Waals surface area contributed by atoms with E-state index in [0.717, 1.165) is 0 Å². The highest BCUT2D eigenvalue weighted by Gasteiger charge is 2.12. The van der Waals surface area contributed by atoms with Crippen LogP contribution in [0.4, 0.5) is 0 Å². The Balaban J connectivity index is 2.86. The molecule has 0 N–H and O–H groups in total. The second-order valence-electron chi connectivity index (χ2n) is 2.12. The third-order valence-electron chi connectivity index (χ3n) is 1.38. The molecule has 3 heteroatoms. The van der Waals surface area contributed by atoms with Crippen LogP contribution >= 0.6 is 0 Å². The maximum absolute atomic E-state index is 11.2. The van der Waals surface area contributed by atoms with Crippen molar-refractivity contribution in [1.29, 1.82) is 0 Å². The van der Waals surface area contributed by atoms with Gasteiger partial charge < -0.3 is 9.15 Å². The fourth-order valence-corrected chi connectivity index (χ4v) is 0.857. The zero-order valence-corrected chi connectivity index (χ0v) is 6.87. The first kappa shape index (κ1) is 8.59. The van der Waals surface area contributed by atoms with E-state index in [4.69, 9.17) is 9.15 Å². The molecule has 0 spiro atoms. The van der Waals surface area contributed by atoms with E-state index in [1.165, 1.54) is 12.3 Å². The summed E-state index contributed by atoms with van der Waals surface area (Å²) in [6.07, 6.45) is 2.91. The highest BCUT2D eigenvalue weighted by Crippen LogP contribution is 2.12. The largest absolute Gasteiger partial charge is 0.464 e. The van der Waals surface area contributed by atoms with Crippen LogP contribution in [0.2, 0.25) is 0 Å². The van der Waals surface area contributed by atoms with Gasteiger partial charge in [0.1, 0.15) is 11.3 Å². The zero-order valence-electron chi connectivity index (χ0n) is 6.87. The minimum Gasteiger partial charge on any atom is -0.464 e. The summed E-state index contributed by atoms with van der Waals surface area (Å²) in [5.74, 6) is 0.0783. The van der Waals surface area contributed by atoms with E-state index in [-0.39, 0.29) is 5.97 Å². The first-order valence-electron chi connectivity index (χ1n) is 3.66. The maximum atomic E-state index is 11.2. The highest BCUT2D eigenvalue weighted by molar-refractivity contribution is 5.92. The topological polar surface area (TPSA) is 39.4 Å². The Morgan fingerprint density at radius 1 is 1.83 bits per heavy atom. The fraction of sp³-hybridized carbons (Fsp3) is 0.222. The maximum Gasteiger partial charge on any atom is 0.342 e. The van der Waals surface area contributed by atoms with Crippen LogP contribution < -0.4 is 0 Å². The van der Waals surface area contributed by atoms with Gasteiger partial charge in [0.05, 0.1) is 12.9 Å². The van der Waals surface area contributed by atoms with Crippen molar-refractivity contribution in [3.63, 3.8) is 0 Å². The summed E-state index contributed by atoms with van der Waals surface area (Å²) in [5.41, 5.74) is 0.423. The summed E-state index contributed by atoms with van der Waals surface area (Å²) < 4.78 is 9.74. The van der Waals surface area contributed by atoms with Gasteiger partial charge in [-0.05, 0) is 19.1 Å². The molecule has 1 rings (SSSR count). The van der Waals surface area contributed by atoms with Crippen LogP contribution in [-0.4, -0.2) is 12.6 Å². The molecule has 0 saturated heterocycles. The third kappa shape index (κ3) is 1.56. The average Bonchev–Trinajstić information content (AvgIpc) is 2.51. The Kier molecular flexibility index (Phi) is 2.69. The molecule has 0 aliphatic carbocycles. The van der Waals surface area contributed by atoms with E-state index in [1.54, 1.807) is 13.0 Å². The van der Waals surface area contributed by atoms with Crippen LogP contribution in [0.5, 0.6) is 0 Å². The lowest BCUT2D eigenvalue weighted by atomic mass is 10.2. The average molecular weight is 166 g/mol. The summed E-state index contributed by atoms with van der Waals surface area (Å²) in [6.45, 7) is 5.62. The lowest BCUT2D eigenvalue weighted by Crippen LogP contribution is -2.04. The van der Waals surface area contributed by atoms with E-state index in [0.29, 0.717) is 17.9 Å². The summed E-state index contributed by atoms with van der Waals surface area (Å²) in [6, 6.07) is 1.56. The van der Waals surface area contributed by atoms with Crippen molar-refractivity contribution in [2.75, 3.05) is 6.61 Å². The summed E-state index contributed by atoms with van der Waals surface area (Å²) in [4.78, 5) is 11.2. The molecule has 0 amide bonds. The molecular formula is C9H10O3. The minimum absolute atomic E-state index is 0.362. The minimum atomic E-state index is -0.374. The molecule has 0 aromatic carbocycles. The Bertz CT molecular complexity index is 286. The number of carbonyl (C=O) groups excluding carboxylic acids is 1. The molecule has 0 unspecified atom stereocenters. The van der Waals surface area contributed by atoms with Crippen molar-refractivity contribution in [1.82, 2.24) is 0 Å². The Morgan fingerprint density at radius 2 is 2.58 bits per heavy atom. The summed E-state index contributed by atoms with van der Waals surface area (Å²) in [5, 5.41) is 0. The van der Waals surface area contributed by atoms with Crippen LogP contribution in [-0.2, 0) is 4.74 Å². The van der Waals surface area contributed by atoms with Crippen LogP contribution in [0, 0.1) is 0 Å². The van der Waals surface area contributed by atoms with Gasteiger partial charge in [-0.25, -0.2) is 4.79 Å². The van der Waals surface area contributed by atoms with Crippen molar-refractivity contribution < 1.29 is 13.9 Å². The van der Waals surface area contributed by atoms with Crippen molar-refractivity contribution in [2.45, 2.75) is 6.92 Å². The zero-order chi connectivity index (χ0) is 8.97. The Morgan fingerprint density at radius 3 is 3.17 bits per heavy atom. The fourth-order valence-electron chi connectivity index (χ4n) is 0.857. The van der Waals surface area contributed by atoms with Gasteiger partial charge in [0.15, 0.2) is 0 Å². The molecule has 0 fully saturated rings. The van der Waals surface area contributed by atoms with Gasteiger partial charge in [-0.15, -0.1) is 0 Å². The first-order chi connectivity index (χ1) is 5.79. The van der Waals surface area contributed by atoms with E-state index >= 15 is 0 Å². The van der Waals surface area contributed by atoms with Crippen molar-refractivity contribution in [3.8, 4) is 0 Å². The highest BCUT2D eigenvalue weighted by atomic mass is 16.5. The molecule has 12 heavy (non-hydrogen) atoms. The number of hydrogen-bond donors (Lipinski definition) is 0. The van der Waals surface area contributed by atoms with Crippen LogP contribution in [0.3, 0.4) is 0 Å². The van der Waals surface area contributed by atoms with E-state index < -0.39 is 0 Å². The second-order valence-corrected chi connectivity index (χ2v) is 2.12. The predicted molar refractivity (Wildman–Crippen MR) is 44.8 cm³/mol. The van der Waals surface area contributed by atoms with Gasteiger partial charge in [0.2, 0.25) is 0 Å². The molecule has 3 nitrogen and oxygen atoms in total. The lowest BCUT2D eigenvalue weighted by molar-refractivity contribution is 0.0525. The normalized spacial score (nSPS) is 9.42. The monoisotopic (exact) mass is 166 g/mol. The van der Waals surface area contributed by atoms with Gasteiger partial charge in [0, 0.05) is 0 Å². The quantitative estimate of drug-likeness (QED) is 0.645. The Hall–Kier alpha value is -1.51. The molecule has 64 valence electrons. The molecule has 0 aliphatic rings. The van der Waals surface area contributed by atoms with E-state index in [1.807, 2.05) is 0 Å². The Labute approximate surface area is 70.6 Å². The summed E-state index contributed by atoms with van der Waals surface area (Å²) in [7, 11) is 0. The van der Waals surface area contributed by atoms with E-state index in [9.17, 15) is 4.79 Å². The number of esters is 1. The molecule has 0 saturated carbocycles. The van der Waals surface area contributed by atoms with Crippen molar-refractivity contribution in [3.05, 3.63) is 30.2 Å². The molecule has 0 atom stereocenters. The van der Waals surface area contributed by atoms with Crippen molar-refractivity contribution >= 4 is 12.0 Å². The van der Waals surface area contributed by atoms with Crippen LogP contribution in [0.1, 0.15) is 23.0 Å². The van der Waals surface area contributed by atoms with Gasteiger partial charge in [-0.1, -0.05) is 6.58 Å². The third-order valence-corrected chi connectivity index (χ3v) is 1.38. The summed E-state index contributed by atoms with van der Waals surface area (Å²) >= 11 is 0. The number of ether oxygens (including phenoxy) is 1. The molecule has 1 aromatic heterocycles. The number of carbonyl (C=O) groups is 1. The molecule has 1 aromatic rings. The standard InChI is InChI=1S/C9H10O3/c1-3-8-7(5-6-12-8)9(10)11-4-2/h3,5-6H,1,4H2,2H3. The number of rotatable bonds is 3. The van der Waals surface area contributed by atoms with Gasteiger partial charge in [0.25, 0.3) is 0 Å². The SMILES string of the molecule is C=Cc1occc1C(=O)OCC. The predicted octanol–water partition coefficient (Wildman–Crippen LogP) is 2.10. The van der Waals surface area contributed by atoms with Crippen LogP contribution in [0.15, 0.2) is 23.3 Å². The smallest absolute Gasteiger partial charge is 0.342 e. The first-order valence-corrected chi connectivity index (χ1v) is 3.66. The molecule has 0 bridgehead atoms. The second kappa shape index (κ2) is 3.76. The van der Waals surface area contributed by atoms with Gasteiger partial charge in [-0.2, -0.15) is 0 Å². The number of furan rings is 1. The van der Waals surface area contributed by atoms with Gasteiger partial charge in [-0.3, -0.25) is 0 Å². The number of hydrogen-bond acceptors (Lipinski definition) is 3. The molecular weight excluding hydrogens is 156 g/mol. The van der Waals surface area contributed by atoms with Gasteiger partial charge >= 0.3 is 5.97 Å². The molecule has 1 heterocycles. The molecule has 0 radical (unpaired) electrons.